The molecule has 110 valence electrons. The molecule has 1 heterocycles. The fourth-order valence-electron chi connectivity index (χ4n) is 2.12. The van der Waals surface area contributed by atoms with Gasteiger partial charge in [0.25, 0.3) is 5.69 Å². The van der Waals surface area contributed by atoms with E-state index in [0.29, 0.717) is 36.1 Å². The van der Waals surface area contributed by atoms with E-state index in [9.17, 15) is 10.1 Å². The first-order valence-corrected chi connectivity index (χ1v) is 6.52. The van der Waals surface area contributed by atoms with Crippen molar-refractivity contribution in [2.45, 2.75) is 0 Å². The molecule has 0 radical (unpaired) electrons. The summed E-state index contributed by atoms with van der Waals surface area (Å²) in [4.78, 5) is 10.2. The Balaban J connectivity index is 1.90. The van der Waals surface area contributed by atoms with Crippen molar-refractivity contribution in [1.82, 2.24) is 0 Å². The number of nitriles is 1. The average molecular weight is 297 g/mol. The van der Waals surface area contributed by atoms with Crippen LogP contribution in [-0.2, 0) is 0 Å². The van der Waals surface area contributed by atoms with E-state index in [1.165, 1.54) is 18.2 Å². The lowest BCUT2D eigenvalue weighted by atomic mass is 10.1. The first-order chi connectivity index (χ1) is 10.7. The molecule has 2 aromatic rings. The Morgan fingerprint density at radius 1 is 1.14 bits per heavy atom. The molecule has 0 amide bonds. The highest BCUT2D eigenvalue weighted by atomic mass is 16.6. The highest BCUT2D eigenvalue weighted by Gasteiger charge is 2.14. The van der Waals surface area contributed by atoms with Gasteiger partial charge in [-0.3, -0.25) is 10.1 Å². The van der Waals surface area contributed by atoms with Gasteiger partial charge in [0.1, 0.15) is 19.3 Å². The highest BCUT2D eigenvalue weighted by molar-refractivity contribution is 5.70. The lowest BCUT2D eigenvalue weighted by Crippen LogP contribution is -2.15. The molecule has 0 atom stereocenters. The predicted molar refractivity (Wildman–Crippen MR) is 78.5 cm³/mol. The largest absolute Gasteiger partial charge is 0.486 e. The van der Waals surface area contributed by atoms with Gasteiger partial charge in [-0.1, -0.05) is 0 Å². The summed E-state index contributed by atoms with van der Waals surface area (Å²) in [6.07, 6.45) is 0. The summed E-state index contributed by atoms with van der Waals surface area (Å²) in [7, 11) is 0. The van der Waals surface area contributed by atoms with Gasteiger partial charge < -0.3 is 14.8 Å². The van der Waals surface area contributed by atoms with Crippen LogP contribution in [0.15, 0.2) is 36.4 Å². The molecule has 0 spiro atoms. The standard InChI is InChI=1S/C15H11N3O4/c16-9-10-7-12(18(19)20)2-3-13(10)17-11-1-4-14-15(8-11)22-6-5-21-14/h1-4,7-8,17H,5-6H2. The fourth-order valence-corrected chi connectivity index (χ4v) is 2.12. The molecule has 0 saturated carbocycles. The van der Waals surface area contributed by atoms with Crippen LogP contribution in [0.1, 0.15) is 5.56 Å². The first-order valence-electron chi connectivity index (χ1n) is 6.52. The zero-order valence-corrected chi connectivity index (χ0v) is 11.4. The van der Waals surface area contributed by atoms with Gasteiger partial charge in [-0.05, 0) is 18.2 Å². The van der Waals surface area contributed by atoms with E-state index >= 15 is 0 Å². The SMILES string of the molecule is N#Cc1cc([N+](=O)[O-])ccc1Nc1ccc2c(c1)OCCO2. The lowest BCUT2D eigenvalue weighted by Gasteiger charge is -2.19. The van der Waals surface area contributed by atoms with Crippen LogP contribution in [0.25, 0.3) is 0 Å². The second-order valence-corrected chi connectivity index (χ2v) is 4.58. The first kappa shape index (κ1) is 13.7. The van der Waals surface area contributed by atoms with E-state index in [1.54, 1.807) is 18.2 Å². The molecule has 0 bridgehead atoms. The maximum atomic E-state index is 10.7. The summed E-state index contributed by atoms with van der Waals surface area (Å²) in [5.74, 6) is 1.29. The average Bonchev–Trinajstić information content (AvgIpc) is 2.55. The predicted octanol–water partition coefficient (Wildman–Crippen LogP) is 2.98. The minimum atomic E-state index is -0.533. The molecule has 3 rings (SSSR count). The number of hydrogen-bond donors (Lipinski definition) is 1. The molecule has 1 aliphatic heterocycles. The monoisotopic (exact) mass is 297 g/mol. The number of nitrogens with one attached hydrogen (secondary N) is 1. The van der Waals surface area contributed by atoms with E-state index in [2.05, 4.69) is 5.32 Å². The molecule has 22 heavy (non-hydrogen) atoms. The number of benzene rings is 2. The molecular formula is C15H11N3O4. The molecule has 7 heteroatoms. The van der Waals surface area contributed by atoms with Gasteiger partial charge in [0.15, 0.2) is 11.5 Å². The highest BCUT2D eigenvalue weighted by Crippen LogP contribution is 2.34. The summed E-state index contributed by atoms with van der Waals surface area (Å²) in [5, 5.41) is 22.9. The van der Waals surface area contributed by atoms with Crippen LogP contribution in [0.2, 0.25) is 0 Å². The minimum absolute atomic E-state index is 0.121. The number of non-ortho nitro benzene ring substituents is 1. The van der Waals surface area contributed by atoms with E-state index in [0.717, 1.165) is 0 Å². The third-order valence-corrected chi connectivity index (χ3v) is 3.16. The topological polar surface area (TPSA) is 97.4 Å². The van der Waals surface area contributed by atoms with Crippen LogP contribution < -0.4 is 14.8 Å². The molecule has 1 aliphatic rings. The molecule has 1 N–H and O–H groups in total. The molecule has 0 aliphatic carbocycles. The van der Waals surface area contributed by atoms with Crippen LogP contribution in [0.3, 0.4) is 0 Å². The maximum Gasteiger partial charge on any atom is 0.270 e. The zero-order valence-electron chi connectivity index (χ0n) is 11.4. The molecular weight excluding hydrogens is 286 g/mol. The summed E-state index contributed by atoms with van der Waals surface area (Å²) >= 11 is 0. The van der Waals surface area contributed by atoms with Gasteiger partial charge in [-0.15, -0.1) is 0 Å². The zero-order chi connectivity index (χ0) is 15.5. The Morgan fingerprint density at radius 3 is 2.64 bits per heavy atom. The number of rotatable bonds is 3. The Hall–Kier alpha value is -3.27. The van der Waals surface area contributed by atoms with Crippen molar-refractivity contribution in [2.75, 3.05) is 18.5 Å². The van der Waals surface area contributed by atoms with Gasteiger partial charge >= 0.3 is 0 Å². The smallest absolute Gasteiger partial charge is 0.270 e. The third-order valence-electron chi connectivity index (χ3n) is 3.16. The van der Waals surface area contributed by atoms with Crippen molar-refractivity contribution in [2.24, 2.45) is 0 Å². The maximum absolute atomic E-state index is 10.7. The number of ether oxygens (including phenoxy) is 2. The van der Waals surface area contributed by atoms with Gasteiger partial charge in [0.2, 0.25) is 0 Å². The number of nitrogens with zero attached hydrogens (tertiary/aromatic N) is 2. The van der Waals surface area contributed by atoms with Crippen molar-refractivity contribution < 1.29 is 14.4 Å². The fraction of sp³-hybridized carbons (Fsp3) is 0.133. The molecule has 0 fully saturated rings. The number of anilines is 2. The number of nitro benzene ring substituents is 1. The molecule has 7 nitrogen and oxygen atoms in total. The Morgan fingerprint density at radius 2 is 1.91 bits per heavy atom. The summed E-state index contributed by atoms with van der Waals surface area (Å²) in [6, 6.07) is 11.4. The Bertz CT molecular complexity index is 783. The van der Waals surface area contributed by atoms with Crippen molar-refractivity contribution >= 4 is 17.1 Å². The summed E-state index contributed by atoms with van der Waals surface area (Å²) in [5.41, 5.74) is 1.27. The number of fused-ring (bicyclic) bond motifs is 1. The van der Waals surface area contributed by atoms with E-state index < -0.39 is 4.92 Å². The van der Waals surface area contributed by atoms with Crippen molar-refractivity contribution in [3.05, 3.63) is 52.1 Å². The van der Waals surface area contributed by atoms with Crippen LogP contribution in [-0.4, -0.2) is 18.1 Å². The summed E-state index contributed by atoms with van der Waals surface area (Å²) in [6.45, 7) is 0.998. The van der Waals surface area contributed by atoms with Gasteiger partial charge in [-0.2, -0.15) is 5.26 Å². The van der Waals surface area contributed by atoms with Crippen LogP contribution in [0, 0.1) is 21.4 Å². The van der Waals surface area contributed by atoms with Crippen LogP contribution >= 0.6 is 0 Å². The molecule has 0 aromatic heterocycles. The van der Waals surface area contributed by atoms with Gasteiger partial charge in [0, 0.05) is 23.9 Å². The van der Waals surface area contributed by atoms with E-state index in [-0.39, 0.29) is 11.3 Å². The van der Waals surface area contributed by atoms with Crippen molar-refractivity contribution in [3.63, 3.8) is 0 Å². The minimum Gasteiger partial charge on any atom is -0.486 e. The number of nitro groups is 1. The molecule has 0 unspecified atom stereocenters. The lowest BCUT2D eigenvalue weighted by molar-refractivity contribution is -0.384. The Labute approximate surface area is 125 Å². The summed E-state index contributed by atoms with van der Waals surface area (Å²) < 4.78 is 10.9. The van der Waals surface area contributed by atoms with Crippen molar-refractivity contribution in [1.29, 1.82) is 5.26 Å². The van der Waals surface area contributed by atoms with Gasteiger partial charge in [-0.25, -0.2) is 0 Å². The number of hydrogen-bond acceptors (Lipinski definition) is 6. The quantitative estimate of drug-likeness (QED) is 0.691. The van der Waals surface area contributed by atoms with Gasteiger partial charge in [0.05, 0.1) is 16.2 Å². The second-order valence-electron chi connectivity index (χ2n) is 4.58. The van der Waals surface area contributed by atoms with Crippen LogP contribution in [0.5, 0.6) is 11.5 Å². The van der Waals surface area contributed by atoms with E-state index in [1.807, 2.05) is 6.07 Å². The molecule has 2 aromatic carbocycles. The third kappa shape index (κ3) is 2.62. The normalized spacial score (nSPS) is 12.3. The Kier molecular flexibility index (Phi) is 3.50. The van der Waals surface area contributed by atoms with Crippen LogP contribution in [0.4, 0.5) is 17.1 Å². The van der Waals surface area contributed by atoms with Crippen molar-refractivity contribution in [3.8, 4) is 17.6 Å². The molecule has 0 saturated heterocycles. The van der Waals surface area contributed by atoms with E-state index in [4.69, 9.17) is 14.7 Å². The second kappa shape index (κ2) is 5.61.